The van der Waals surface area contributed by atoms with Gasteiger partial charge in [0.2, 0.25) is 5.91 Å². The topological polar surface area (TPSA) is 90.1 Å². The van der Waals surface area contributed by atoms with E-state index in [9.17, 15) is 14.9 Å². The minimum absolute atomic E-state index is 0.0267. The maximum absolute atomic E-state index is 12.1. The molecule has 0 aliphatic rings. The number of nitrogens with one attached hydrogen (secondary N) is 1. The summed E-state index contributed by atoms with van der Waals surface area (Å²) >= 11 is 0. The van der Waals surface area contributed by atoms with E-state index in [4.69, 9.17) is 0 Å². The van der Waals surface area contributed by atoms with E-state index < -0.39 is 4.92 Å². The highest BCUT2D eigenvalue weighted by Crippen LogP contribution is 2.17. The molecule has 23 heavy (non-hydrogen) atoms. The molecule has 0 radical (unpaired) electrons. The number of benzene rings is 1. The summed E-state index contributed by atoms with van der Waals surface area (Å²) in [7, 11) is 0. The van der Waals surface area contributed by atoms with E-state index in [0.717, 1.165) is 12.0 Å². The van der Waals surface area contributed by atoms with Crippen LogP contribution in [0.15, 0.2) is 36.5 Å². The normalized spacial score (nSPS) is 11.9. The molecular formula is C16H20N4O3. The highest BCUT2D eigenvalue weighted by molar-refractivity contribution is 5.76. The maximum atomic E-state index is 12.1. The highest BCUT2D eigenvalue weighted by Gasteiger charge is 2.16. The van der Waals surface area contributed by atoms with Crippen LogP contribution in [0.25, 0.3) is 0 Å². The van der Waals surface area contributed by atoms with Gasteiger partial charge in [0.15, 0.2) is 0 Å². The largest absolute Gasteiger partial charge is 0.349 e. The van der Waals surface area contributed by atoms with Crippen molar-refractivity contribution in [2.45, 2.75) is 39.3 Å². The van der Waals surface area contributed by atoms with Gasteiger partial charge in [-0.3, -0.25) is 19.6 Å². The summed E-state index contributed by atoms with van der Waals surface area (Å²) in [5.74, 6) is -0.100. The fraction of sp³-hybridized carbons (Fsp3) is 0.375. The number of aromatic nitrogens is 2. The Labute approximate surface area is 134 Å². The van der Waals surface area contributed by atoms with Crippen molar-refractivity contribution in [2.75, 3.05) is 0 Å². The van der Waals surface area contributed by atoms with Crippen LogP contribution in [0.2, 0.25) is 0 Å². The van der Waals surface area contributed by atoms with Crippen molar-refractivity contribution in [1.82, 2.24) is 15.1 Å². The summed E-state index contributed by atoms with van der Waals surface area (Å²) in [6.07, 6.45) is 2.38. The van der Waals surface area contributed by atoms with Crippen molar-refractivity contribution in [1.29, 1.82) is 0 Å². The van der Waals surface area contributed by atoms with Crippen LogP contribution in [0.3, 0.4) is 0 Å². The average Bonchev–Trinajstić information content (AvgIpc) is 2.92. The molecule has 2 aromatic rings. The molecule has 0 spiro atoms. The second-order valence-electron chi connectivity index (χ2n) is 5.31. The Hall–Kier alpha value is -2.70. The maximum Gasteiger partial charge on any atom is 0.309 e. The van der Waals surface area contributed by atoms with Gasteiger partial charge in [-0.1, -0.05) is 37.3 Å². The van der Waals surface area contributed by atoms with Crippen molar-refractivity contribution >= 4 is 11.6 Å². The third-order valence-electron chi connectivity index (χ3n) is 3.63. The number of nitro groups is 1. The fourth-order valence-corrected chi connectivity index (χ4v) is 2.39. The van der Waals surface area contributed by atoms with Crippen LogP contribution in [0.1, 0.15) is 37.1 Å². The molecule has 2 rings (SSSR count). The first-order valence-electron chi connectivity index (χ1n) is 7.54. The molecule has 1 unspecified atom stereocenters. The summed E-state index contributed by atoms with van der Waals surface area (Å²) < 4.78 is 1.44. The molecule has 1 heterocycles. The number of rotatable bonds is 7. The number of hydrogen-bond donors (Lipinski definition) is 1. The van der Waals surface area contributed by atoms with Gasteiger partial charge in [0.25, 0.3) is 0 Å². The minimum Gasteiger partial charge on any atom is -0.349 e. The molecule has 0 fully saturated rings. The Balaban J connectivity index is 1.92. The Bertz CT molecular complexity index is 682. The van der Waals surface area contributed by atoms with Crippen LogP contribution in [0.5, 0.6) is 0 Å². The van der Waals surface area contributed by atoms with Crippen molar-refractivity contribution in [2.24, 2.45) is 0 Å². The third kappa shape index (κ3) is 4.38. The number of carbonyl (C=O) groups is 1. The van der Waals surface area contributed by atoms with Gasteiger partial charge in [0.05, 0.1) is 11.0 Å². The number of carbonyl (C=O) groups excluding carboxylic acids is 1. The molecule has 1 aromatic carbocycles. The molecule has 7 heteroatoms. The summed E-state index contributed by atoms with van der Waals surface area (Å²) in [6.45, 7) is 3.90. The second kappa shape index (κ2) is 7.53. The van der Waals surface area contributed by atoms with Crippen LogP contribution in [-0.4, -0.2) is 20.6 Å². The standard InChI is InChI=1S/C16H20N4O3/c1-3-14(13-7-5-4-6-8-13)17-16(21)9-10-19-11-15(20(22)23)12(2)18-19/h4-8,11,14H,3,9-10H2,1-2H3,(H,17,21). The van der Waals surface area contributed by atoms with Gasteiger partial charge < -0.3 is 5.32 Å². The zero-order valence-electron chi connectivity index (χ0n) is 13.2. The third-order valence-corrected chi connectivity index (χ3v) is 3.63. The van der Waals surface area contributed by atoms with E-state index in [0.29, 0.717) is 12.2 Å². The van der Waals surface area contributed by atoms with Crippen LogP contribution in [0.4, 0.5) is 5.69 Å². The minimum atomic E-state index is -0.471. The molecule has 0 aliphatic carbocycles. The second-order valence-corrected chi connectivity index (χ2v) is 5.31. The predicted molar refractivity (Wildman–Crippen MR) is 85.9 cm³/mol. The Morgan fingerprint density at radius 1 is 1.39 bits per heavy atom. The van der Waals surface area contributed by atoms with Crippen LogP contribution >= 0.6 is 0 Å². The Kier molecular flexibility index (Phi) is 5.46. The summed E-state index contributed by atoms with van der Waals surface area (Å²) in [6, 6.07) is 9.75. The van der Waals surface area contributed by atoms with E-state index in [-0.39, 0.29) is 24.1 Å². The van der Waals surface area contributed by atoms with E-state index in [1.807, 2.05) is 37.3 Å². The van der Waals surface area contributed by atoms with Gasteiger partial charge in [-0.2, -0.15) is 5.10 Å². The van der Waals surface area contributed by atoms with Crippen molar-refractivity contribution in [3.63, 3.8) is 0 Å². The first-order chi connectivity index (χ1) is 11.0. The zero-order valence-corrected chi connectivity index (χ0v) is 13.2. The Morgan fingerprint density at radius 2 is 2.09 bits per heavy atom. The summed E-state index contributed by atoms with van der Waals surface area (Å²) in [5.41, 5.74) is 1.39. The molecule has 0 aliphatic heterocycles. The molecule has 1 aromatic heterocycles. The van der Waals surface area contributed by atoms with Crippen LogP contribution in [0, 0.1) is 17.0 Å². The van der Waals surface area contributed by atoms with E-state index in [1.54, 1.807) is 6.92 Å². The first kappa shape index (κ1) is 16.7. The number of hydrogen-bond acceptors (Lipinski definition) is 4. The van der Waals surface area contributed by atoms with Gasteiger partial charge in [-0.15, -0.1) is 0 Å². The number of amides is 1. The lowest BCUT2D eigenvalue weighted by molar-refractivity contribution is -0.385. The van der Waals surface area contributed by atoms with Gasteiger partial charge >= 0.3 is 5.69 Å². The van der Waals surface area contributed by atoms with E-state index in [2.05, 4.69) is 10.4 Å². The smallest absolute Gasteiger partial charge is 0.309 e. The van der Waals surface area contributed by atoms with Gasteiger partial charge in [0.1, 0.15) is 11.9 Å². The van der Waals surface area contributed by atoms with Crippen molar-refractivity contribution in [3.05, 3.63) is 57.9 Å². The van der Waals surface area contributed by atoms with Gasteiger partial charge in [0, 0.05) is 13.0 Å². The quantitative estimate of drug-likeness (QED) is 0.628. The van der Waals surface area contributed by atoms with Gasteiger partial charge in [-0.05, 0) is 18.9 Å². The molecule has 1 amide bonds. The van der Waals surface area contributed by atoms with Crippen LogP contribution < -0.4 is 5.32 Å². The monoisotopic (exact) mass is 316 g/mol. The SMILES string of the molecule is CCC(NC(=O)CCn1cc([N+](=O)[O-])c(C)n1)c1ccccc1. The zero-order chi connectivity index (χ0) is 16.8. The lowest BCUT2D eigenvalue weighted by atomic mass is 10.0. The molecule has 7 nitrogen and oxygen atoms in total. The van der Waals surface area contributed by atoms with Crippen LogP contribution in [-0.2, 0) is 11.3 Å². The number of nitrogens with zero attached hydrogens (tertiary/aromatic N) is 3. The predicted octanol–water partition coefficient (Wildman–Crippen LogP) is 2.76. The Morgan fingerprint density at radius 3 is 2.65 bits per heavy atom. The molecular weight excluding hydrogens is 296 g/mol. The highest BCUT2D eigenvalue weighted by atomic mass is 16.6. The lowest BCUT2D eigenvalue weighted by Gasteiger charge is -2.17. The number of aryl methyl sites for hydroxylation is 2. The van der Waals surface area contributed by atoms with E-state index in [1.165, 1.54) is 10.9 Å². The molecule has 0 saturated carbocycles. The fourth-order valence-electron chi connectivity index (χ4n) is 2.39. The first-order valence-corrected chi connectivity index (χ1v) is 7.54. The molecule has 122 valence electrons. The summed E-state index contributed by atoms with van der Waals surface area (Å²) in [5, 5.41) is 17.8. The molecule has 0 saturated heterocycles. The molecule has 0 bridgehead atoms. The average molecular weight is 316 g/mol. The van der Waals surface area contributed by atoms with Gasteiger partial charge in [-0.25, -0.2) is 0 Å². The van der Waals surface area contributed by atoms with E-state index >= 15 is 0 Å². The molecule has 1 atom stereocenters. The van der Waals surface area contributed by atoms with Crippen molar-refractivity contribution < 1.29 is 9.72 Å². The lowest BCUT2D eigenvalue weighted by Crippen LogP contribution is -2.28. The molecule has 1 N–H and O–H groups in total. The summed E-state index contributed by atoms with van der Waals surface area (Å²) in [4.78, 5) is 22.4. The van der Waals surface area contributed by atoms with Crippen molar-refractivity contribution in [3.8, 4) is 0 Å².